The summed E-state index contributed by atoms with van der Waals surface area (Å²) in [5.41, 5.74) is 1.45. The summed E-state index contributed by atoms with van der Waals surface area (Å²) in [4.78, 5) is 14.9. The first-order chi connectivity index (χ1) is 14.2. The van der Waals surface area contributed by atoms with Crippen LogP contribution in [0.4, 0.5) is 0 Å². The van der Waals surface area contributed by atoms with Gasteiger partial charge in [0.15, 0.2) is 0 Å². The summed E-state index contributed by atoms with van der Waals surface area (Å²) in [5.74, 6) is 0.0503. The zero-order valence-electron chi connectivity index (χ0n) is 16.8. The number of carbonyl (C=O) groups excluding carboxylic acids is 1. The average molecular weight is 470 g/mol. The van der Waals surface area contributed by atoms with Crippen molar-refractivity contribution in [2.75, 3.05) is 26.0 Å². The van der Waals surface area contributed by atoms with Crippen molar-refractivity contribution in [2.45, 2.75) is 31.1 Å². The number of rotatable bonds is 7. The van der Waals surface area contributed by atoms with Crippen LogP contribution in [0, 0.1) is 0 Å². The van der Waals surface area contributed by atoms with Gasteiger partial charge in [-0.2, -0.15) is 8.42 Å². The van der Waals surface area contributed by atoms with Crippen molar-refractivity contribution < 1.29 is 17.4 Å². The summed E-state index contributed by atoms with van der Waals surface area (Å²) in [6.45, 7) is 1.19. The van der Waals surface area contributed by atoms with Crippen LogP contribution in [0.1, 0.15) is 30.4 Å². The maximum Gasteiger partial charge on any atom is 0.264 e. The number of hydrogen-bond donors (Lipinski definition) is 0. The molecule has 1 saturated heterocycles. The van der Waals surface area contributed by atoms with Crippen molar-refractivity contribution in [1.82, 2.24) is 4.90 Å². The van der Waals surface area contributed by atoms with Crippen LogP contribution in [0.5, 0.6) is 0 Å². The summed E-state index contributed by atoms with van der Waals surface area (Å²) in [6.07, 6.45) is 3.42. The van der Waals surface area contributed by atoms with E-state index in [2.05, 4.69) is 0 Å². The smallest absolute Gasteiger partial charge is 0.264 e. The first kappa shape index (κ1) is 23.1. The summed E-state index contributed by atoms with van der Waals surface area (Å²) >= 11 is 12.4. The van der Waals surface area contributed by atoms with Crippen LogP contribution in [0.2, 0.25) is 10.0 Å². The zero-order chi connectivity index (χ0) is 21.8. The van der Waals surface area contributed by atoms with Gasteiger partial charge in [0.1, 0.15) is 0 Å². The Balaban J connectivity index is 1.84. The number of benzene rings is 2. The highest BCUT2D eigenvalue weighted by Crippen LogP contribution is 2.40. The highest BCUT2D eigenvalue weighted by Gasteiger charge is 2.39. The minimum atomic E-state index is -3.55. The molecule has 8 heteroatoms. The summed E-state index contributed by atoms with van der Waals surface area (Å²) < 4.78 is 28.0. The Hall–Kier alpha value is -1.60. The Morgan fingerprint density at radius 2 is 1.87 bits per heavy atom. The molecule has 30 heavy (non-hydrogen) atoms. The van der Waals surface area contributed by atoms with Gasteiger partial charge in [0, 0.05) is 18.5 Å². The lowest BCUT2D eigenvalue weighted by molar-refractivity contribution is -0.132. The fraction of sp³-hybridized carbons (Fsp3) is 0.409. The first-order valence-electron chi connectivity index (χ1n) is 9.80. The molecule has 2 aromatic carbocycles. The number of hydrogen-bond acceptors (Lipinski definition) is 4. The Morgan fingerprint density at radius 1 is 1.13 bits per heavy atom. The monoisotopic (exact) mass is 469 g/mol. The molecule has 1 heterocycles. The largest absolute Gasteiger partial charge is 0.342 e. The summed E-state index contributed by atoms with van der Waals surface area (Å²) in [5, 5.41) is 0.890. The fourth-order valence-corrected chi connectivity index (χ4v) is 4.71. The van der Waals surface area contributed by atoms with Crippen molar-refractivity contribution in [3.8, 4) is 0 Å². The normalized spacial score (nSPS) is 19.6. The molecule has 0 spiro atoms. The van der Waals surface area contributed by atoms with Gasteiger partial charge in [0.2, 0.25) is 5.91 Å². The Bertz CT molecular complexity index is 997. The van der Waals surface area contributed by atoms with Gasteiger partial charge in [-0.1, -0.05) is 59.6 Å². The maximum absolute atomic E-state index is 13.0. The summed E-state index contributed by atoms with van der Waals surface area (Å²) in [7, 11) is -3.55. The van der Waals surface area contributed by atoms with E-state index in [-0.39, 0.29) is 12.5 Å². The SMILES string of the molecule is CS(=O)(=O)OCCC1(c2ccc(Cl)c(Cl)c2)CCCN(C(=O)Cc2ccccc2)C1. The number of amides is 1. The van der Waals surface area contributed by atoms with Crippen LogP contribution >= 0.6 is 23.2 Å². The molecule has 0 saturated carbocycles. The molecule has 0 aromatic heterocycles. The van der Waals surface area contributed by atoms with E-state index in [0.717, 1.165) is 30.2 Å². The van der Waals surface area contributed by atoms with Crippen LogP contribution in [0.25, 0.3) is 0 Å². The molecule has 1 atom stereocenters. The van der Waals surface area contributed by atoms with E-state index >= 15 is 0 Å². The van der Waals surface area contributed by atoms with Gasteiger partial charge >= 0.3 is 0 Å². The van der Waals surface area contributed by atoms with Gasteiger partial charge < -0.3 is 4.90 Å². The number of carbonyl (C=O) groups is 1. The molecule has 2 aromatic rings. The van der Waals surface area contributed by atoms with E-state index in [4.69, 9.17) is 27.4 Å². The Kier molecular flexibility index (Phi) is 7.45. The quantitative estimate of drug-likeness (QED) is 0.561. The predicted molar refractivity (Wildman–Crippen MR) is 120 cm³/mol. The van der Waals surface area contributed by atoms with Crippen molar-refractivity contribution in [1.29, 1.82) is 0 Å². The van der Waals surface area contributed by atoms with Crippen LogP contribution in [-0.4, -0.2) is 45.2 Å². The average Bonchev–Trinajstić information content (AvgIpc) is 2.70. The minimum Gasteiger partial charge on any atom is -0.342 e. The first-order valence-corrected chi connectivity index (χ1v) is 12.4. The minimum absolute atomic E-state index is 0.0415. The van der Waals surface area contributed by atoms with Gasteiger partial charge in [0.05, 0.1) is 29.3 Å². The molecular weight excluding hydrogens is 445 g/mol. The highest BCUT2D eigenvalue weighted by molar-refractivity contribution is 7.85. The summed E-state index contributed by atoms with van der Waals surface area (Å²) in [6, 6.07) is 15.1. The maximum atomic E-state index is 13.0. The van der Waals surface area contributed by atoms with Gasteiger partial charge in [-0.3, -0.25) is 8.98 Å². The van der Waals surface area contributed by atoms with E-state index in [0.29, 0.717) is 36.0 Å². The van der Waals surface area contributed by atoms with Gasteiger partial charge in [-0.15, -0.1) is 0 Å². The van der Waals surface area contributed by atoms with E-state index in [1.54, 1.807) is 6.07 Å². The van der Waals surface area contributed by atoms with Crippen molar-refractivity contribution in [2.24, 2.45) is 0 Å². The highest BCUT2D eigenvalue weighted by atomic mass is 35.5. The molecule has 5 nitrogen and oxygen atoms in total. The van der Waals surface area contributed by atoms with Gasteiger partial charge in [-0.25, -0.2) is 0 Å². The third kappa shape index (κ3) is 5.97. The fourth-order valence-electron chi connectivity index (χ4n) is 4.03. The van der Waals surface area contributed by atoms with Crippen LogP contribution < -0.4 is 0 Å². The van der Waals surface area contributed by atoms with E-state index < -0.39 is 15.5 Å². The second kappa shape index (κ2) is 9.69. The Morgan fingerprint density at radius 3 is 2.53 bits per heavy atom. The third-order valence-corrected chi connectivity index (χ3v) is 6.87. The topological polar surface area (TPSA) is 63.7 Å². The lowest BCUT2D eigenvalue weighted by Crippen LogP contribution is -2.49. The van der Waals surface area contributed by atoms with Crippen molar-refractivity contribution >= 4 is 39.2 Å². The molecule has 1 amide bonds. The molecule has 0 bridgehead atoms. The molecule has 0 aliphatic carbocycles. The number of likely N-dealkylation sites (tertiary alicyclic amines) is 1. The molecule has 3 rings (SSSR count). The van der Waals surface area contributed by atoms with Crippen LogP contribution in [0.3, 0.4) is 0 Å². The standard InChI is InChI=1S/C22H25Cl2NO4S/c1-30(27,28)29-13-11-22(18-8-9-19(23)20(24)15-18)10-5-12-25(16-22)21(26)14-17-6-3-2-4-7-17/h2-4,6-9,15H,5,10-14,16H2,1H3. The lowest BCUT2D eigenvalue weighted by Gasteiger charge is -2.43. The van der Waals surface area contributed by atoms with Gasteiger partial charge in [-0.05, 0) is 42.5 Å². The zero-order valence-corrected chi connectivity index (χ0v) is 19.1. The molecule has 0 N–H and O–H groups in total. The molecule has 162 valence electrons. The van der Waals surface area contributed by atoms with E-state index in [1.807, 2.05) is 47.4 Å². The predicted octanol–water partition coefficient (Wildman–Crippen LogP) is 4.46. The molecule has 1 fully saturated rings. The molecule has 1 unspecified atom stereocenters. The van der Waals surface area contributed by atoms with E-state index in [9.17, 15) is 13.2 Å². The third-order valence-electron chi connectivity index (χ3n) is 5.54. The van der Waals surface area contributed by atoms with Crippen LogP contribution in [-0.2, 0) is 30.9 Å². The second-order valence-electron chi connectivity index (χ2n) is 7.77. The Labute approximate surface area is 188 Å². The number of halogens is 2. The van der Waals surface area contributed by atoms with Crippen molar-refractivity contribution in [3.63, 3.8) is 0 Å². The van der Waals surface area contributed by atoms with E-state index in [1.165, 1.54) is 0 Å². The molecular formula is C22H25Cl2NO4S. The molecule has 1 aliphatic rings. The van der Waals surface area contributed by atoms with Crippen molar-refractivity contribution in [3.05, 3.63) is 69.7 Å². The number of piperidine rings is 1. The second-order valence-corrected chi connectivity index (χ2v) is 10.2. The molecule has 0 radical (unpaired) electrons. The molecule has 1 aliphatic heterocycles. The van der Waals surface area contributed by atoms with Crippen LogP contribution in [0.15, 0.2) is 48.5 Å². The van der Waals surface area contributed by atoms with Gasteiger partial charge in [0.25, 0.3) is 10.1 Å². The lowest BCUT2D eigenvalue weighted by atomic mass is 9.72. The number of nitrogens with zero attached hydrogens (tertiary/aromatic N) is 1.